The minimum atomic E-state index is 0.567. The van der Waals surface area contributed by atoms with E-state index < -0.39 is 0 Å². The van der Waals surface area contributed by atoms with Crippen LogP contribution in [0, 0.1) is 0 Å². The Labute approximate surface area is 336 Å². The molecule has 4 heterocycles. The first-order valence-corrected chi connectivity index (χ1v) is 20.1. The smallest absolute Gasteiger partial charge is 0.238 e. The Kier molecular flexibility index (Phi) is 5.96. The van der Waals surface area contributed by atoms with Crippen molar-refractivity contribution < 1.29 is 4.42 Å². The van der Waals surface area contributed by atoms with Gasteiger partial charge < -0.3 is 8.98 Å². The maximum absolute atomic E-state index is 6.55. The van der Waals surface area contributed by atoms with Gasteiger partial charge in [0.25, 0.3) is 0 Å². The molecule has 59 heavy (non-hydrogen) atoms. The van der Waals surface area contributed by atoms with Crippen molar-refractivity contribution in [1.29, 1.82) is 0 Å². The quantitative estimate of drug-likeness (QED) is 0.181. The van der Waals surface area contributed by atoms with E-state index in [1.807, 2.05) is 18.2 Å². The van der Waals surface area contributed by atoms with Crippen LogP contribution in [-0.2, 0) is 0 Å². The molecule has 4 aromatic heterocycles. The number of furan rings is 1. The minimum Gasteiger partial charge on any atom is -0.437 e. The zero-order chi connectivity index (χ0) is 38.3. The van der Waals surface area contributed by atoms with Crippen LogP contribution in [0.3, 0.4) is 0 Å². The van der Waals surface area contributed by atoms with Crippen molar-refractivity contribution in [2.45, 2.75) is 0 Å². The molecule has 0 unspecified atom stereocenters. The summed E-state index contributed by atoms with van der Waals surface area (Å²) < 4.78 is 11.2. The van der Waals surface area contributed by atoms with Crippen LogP contribution in [-0.4, -0.2) is 19.1 Å². The molecule has 272 valence electrons. The number of para-hydroxylation sites is 3. The molecule has 0 amide bonds. The topological polar surface area (TPSA) is 48.8 Å². The highest BCUT2D eigenvalue weighted by Gasteiger charge is 2.26. The van der Waals surface area contributed by atoms with Gasteiger partial charge >= 0.3 is 0 Å². The molecule has 0 radical (unpaired) electrons. The van der Waals surface area contributed by atoms with E-state index in [0.717, 1.165) is 54.9 Å². The van der Waals surface area contributed by atoms with Gasteiger partial charge in [-0.1, -0.05) is 140 Å². The van der Waals surface area contributed by atoms with Gasteiger partial charge in [-0.15, -0.1) is 0 Å². The average Bonchev–Trinajstić information content (AvgIpc) is 4.03. The Morgan fingerprint density at radius 1 is 0.373 bits per heavy atom. The Bertz CT molecular complexity index is 3950. The van der Waals surface area contributed by atoms with Crippen LogP contribution in [0.25, 0.3) is 132 Å². The Balaban J connectivity index is 1.08. The van der Waals surface area contributed by atoms with E-state index in [-0.39, 0.29) is 0 Å². The van der Waals surface area contributed by atoms with E-state index in [4.69, 9.17) is 14.4 Å². The van der Waals surface area contributed by atoms with Crippen molar-refractivity contribution in [3.05, 3.63) is 182 Å². The molecule has 0 fully saturated rings. The molecule has 9 aromatic carbocycles. The number of aromatic nitrogens is 4. The summed E-state index contributed by atoms with van der Waals surface area (Å²) in [6, 6.07) is 65.4. The van der Waals surface area contributed by atoms with Crippen LogP contribution in [0.4, 0.5) is 0 Å². The van der Waals surface area contributed by atoms with Gasteiger partial charge in [-0.05, 0) is 80.9 Å². The first kappa shape index (κ1) is 31.1. The normalized spacial score (nSPS) is 12.4. The molecule has 1 aliphatic carbocycles. The lowest BCUT2D eigenvalue weighted by molar-refractivity contribution is 0.651. The molecule has 13 aromatic rings. The largest absolute Gasteiger partial charge is 0.437 e. The number of fused-ring (bicyclic) bond motifs is 14. The fourth-order valence-corrected chi connectivity index (χ4v) is 10.2. The molecule has 0 aliphatic heterocycles. The highest BCUT2D eigenvalue weighted by atomic mass is 16.3. The van der Waals surface area contributed by atoms with Crippen molar-refractivity contribution in [2.75, 3.05) is 0 Å². The highest BCUT2D eigenvalue weighted by molar-refractivity contribution is 6.29. The molecule has 0 bridgehead atoms. The predicted molar refractivity (Wildman–Crippen MR) is 243 cm³/mol. The van der Waals surface area contributed by atoms with Gasteiger partial charge in [0.2, 0.25) is 11.7 Å². The number of benzene rings is 9. The molecular weight excluding hydrogens is 721 g/mol. The lowest BCUT2D eigenvalue weighted by Crippen LogP contribution is -2.03. The van der Waals surface area contributed by atoms with E-state index in [2.05, 4.69) is 173 Å². The molecule has 14 rings (SSSR count). The third-order valence-corrected chi connectivity index (χ3v) is 12.7. The summed E-state index contributed by atoms with van der Waals surface area (Å²) in [5, 5.41) is 11.6. The van der Waals surface area contributed by atoms with Gasteiger partial charge in [0.05, 0.1) is 38.8 Å². The van der Waals surface area contributed by atoms with Crippen LogP contribution in [0.15, 0.2) is 186 Å². The van der Waals surface area contributed by atoms with Gasteiger partial charge in [0, 0.05) is 37.9 Å². The second-order valence-electron chi connectivity index (χ2n) is 15.7. The SMILES string of the molecule is c1ccc2c(c1)-c1cccc3c(-n4c5ccccc5c5c6c7ccccc7n(-c7nc(-c8ccc9ccccc9c8)c8c(n7)oc7ccccc78)c6ccc54)ccc-2c13. The fraction of sp³-hybridized carbons (Fsp3) is 0. The third-order valence-electron chi connectivity index (χ3n) is 12.7. The lowest BCUT2D eigenvalue weighted by Gasteiger charge is -2.13. The van der Waals surface area contributed by atoms with Crippen LogP contribution in [0.1, 0.15) is 0 Å². The predicted octanol–water partition coefficient (Wildman–Crippen LogP) is 14.2. The van der Waals surface area contributed by atoms with E-state index in [0.29, 0.717) is 11.7 Å². The molecular formula is C54H30N4O. The molecule has 5 heteroatoms. The van der Waals surface area contributed by atoms with Crippen LogP contribution < -0.4 is 0 Å². The van der Waals surface area contributed by atoms with E-state index in [1.54, 1.807) is 0 Å². The second-order valence-corrected chi connectivity index (χ2v) is 15.7. The van der Waals surface area contributed by atoms with E-state index >= 15 is 0 Å². The second kappa shape index (κ2) is 11.3. The van der Waals surface area contributed by atoms with Crippen molar-refractivity contribution >= 4 is 87.2 Å². The lowest BCUT2D eigenvalue weighted by atomic mass is 10.0. The first-order chi connectivity index (χ1) is 29.3. The summed E-state index contributed by atoms with van der Waals surface area (Å²) in [6.45, 7) is 0. The summed E-state index contributed by atoms with van der Waals surface area (Å²) in [7, 11) is 0. The molecule has 0 saturated carbocycles. The number of hydrogen-bond acceptors (Lipinski definition) is 3. The summed E-state index contributed by atoms with van der Waals surface area (Å²) in [5.74, 6) is 0.570. The molecule has 0 saturated heterocycles. The summed E-state index contributed by atoms with van der Waals surface area (Å²) in [6.07, 6.45) is 0. The first-order valence-electron chi connectivity index (χ1n) is 20.1. The van der Waals surface area contributed by atoms with Crippen molar-refractivity contribution in [3.8, 4) is 45.1 Å². The van der Waals surface area contributed by atoms with Crippen LogP contribution in [0.2, 0.25) is 0 Å². The Morgan fingerprint density at radius 3 is 1.78 bits per heavy atom. The zero-order valence-electron chi connectivity index (χ0n) is 31.5. The average molecular weight is 751 g/mol. The van der Waals surface area contributed by atoms with Crippen molar-refractivity contribution in [3.63, 3.8) is 0 Å². The molecule has 1 aliphatic rings. The fourth-order valence-electron chi connectivity index (χ4n) is 10.2. The van der Waals surface area contributed by atoms with Gasteiger partial charge in [0.1, 0.15) is 5.58 Å². The molecule has 0 atom stereocenters. The zero-order valence-corrected chi connectivity index (χ0v) is 31.5. The standard InChI is InChI=1S/C54H30N4O/c1-2-13-32-30-33(25-24-31(32)12-1)52-51-41-18-7-10-23-47(41)59-53(51)56-54(55-52)58-43-22-9-6-17-40(43)50-46(58)29-28-45-49(50)39-16-5-8-21-42(39)57(45)44-27-26-37-35-15-4-3-14-34(35)36-19-11-20-38(44)48(36)37/h1-30H. The van der Waals surface area contributed by atoms with Crippen LogP contribution in [0.5, 0.6) is 0 Å². The third kappa shape index (κ3) is 4.08. The summed E-state index contributed by atoms with van der Waals surface area (Å²) in [4.78, 5) is 10.8. The maximum Gasteiger partial charge on any atom is 0.238 e. The number of nitrogens with zero attached hydrogens (tertiary/aromatic N) is 4. The van der Waals surface area contributed by atoms with Crippen molar-refractivity contribution in [2.24, 2.45) is 0 Å². The summed E-state index contributed by atoms with van der Waals surface area (Å²) in [5.41, 5.74) is 14.0. The Morgan fingerprint density at radius 2 is 0.983 bits per heavy atom. The number of rotatable bonds is 3. The van der Waals surface area contributed by atoms with Gasteiger partial charge in [-0.25, -0.2) is 4.98 Å². The number of hydrogen-bond donors (Lipinski definition) is 0. The van der Waals surface area contributed by atoms with Gasteiger partial charge in [-0.2, -0.15) is 4.98 Å². The van der Waals surface area contributed by atoms with Crippen molar-refractivity contribution in [1.82, 2.24) is 19.1 Å². The highest BCUT2D eigenvalue weighted by Crippen LogP contribution is 2.50. The maximum atomic E-state index is 6.55. The van der Waals surface area contributed by atoms with Crippen LogP contribution >= 0.6 is 0 Å². The minimum absolute atomic E-state index is 0.567. The molecule has 5 nitrogen and oxygen atoms in total. The van der Waals surface area contributed by atoms with E-state index in [1.165, 1.54) is 65.8 Å². The van der Waals surface area contributed by atoms with E-state index in [9.17, 15) is 0 Å². The Hall–Kier alpha value is -8.02. The van der Waals surface area contributed by atoms with Gasteiger partial charge in [0.15, 0.2) is 0 Å². The molecule has 0 N–H and O–H groups in total. The van der Waals surface area contributed by atoms with Gasteiger partial charge in [-0.3, -0.25) is 4.57 Å². The monoisotopic (exact) mass is 750 g/mol. The molecule has 0 spiro atoms. The summed E-state index contributed by atoms with van der Waals surface area (Å²) >= 11 is 0.